The average molecular weight is 234 g/mol. The third kappa shape index (κ3) is 3.05. The third-order valence-electron chi connectivity index (χ3n) is 3.58. The highest BCUT2D eigenvalue weighted by atomic mass is 16.3. The average Bonchev–Trinajstić information content (AvgIpc) is 2.35. The first-order chi connectivity index (χ1) is 8.18. The Kier molecular flexibility index (Phi) is 4.13. The molecule has 0 bridgehead atoms. The Bertz CT molecular complexity index is 365. The first-order valence-corrected chi connectivity index (χ1v) is 6.45. The van der Waals surface area contributed by atoms with E-state index >= 15 is 0 Å². The molecule has 1 aliphatic rings. The van der Waals surface area contributed by atoms with Crippen LogP contribution in [0, 0.1) is 0 Å². The molecule has 1 heterocycles. The van der Waals surface area contributed by atoms with Crippen molar-refractivity contribution in [2.75, 3.05) is 20.6 Å². The van der Waals surface area contributed by atoms with Gasteiger partial charge in [-0.2, -0.15) is 0 Å². The van der Waals surface area contributed by atoms with Gasteiger partial charge in [-0.1, -0.05) is 6.07 Å². The molecule has 1 aliphatic carbocycles. The van der Waals surface area contributed by atoms with E-state index in [2.05, 4.69) is 16.0 Å². The number of fused-ring (bicyclic) bond motifs is 1. The van der Waals surface area contributed by atoms with Crippen LogP contribution < -0.4 is 0 Å². The molecule has 0 fully saturated rings. The van der Waals surface area contributed by atoms with Gasteiger partial charge in [0, 0.05) is 24.4 Å². The van der Waals surface area contributed by atoms with Crippen molar-refractivity contribution in [1.82, 2.24) is 9.88 Å². The summed E-state index contributed by atoms with van der Waals surface area (Å²) in [6.45, 7) is 0.930. The van der Waals surface area contributed by atoms with E-state index in [0.717, 1.165) is 31.5 Å². The summed E-state index contributed by atoms with van der Waals surface area (Å²) >= 11 is 0. The summed E-state index contributed by atoms with van der Waals surface area (Å²) < 4.78 is 0. The second-order valence-corrected chi connectivity index (χ2v) is 5.21. The number of rotatable bonds is 4. The molecule has 0 saturated carbocycles. The first-order valence-electron chi connectivity index (χ1n) is 6.45. The van der Waals surface area contributed by atoms with Gasteiger partial charge in [-0.05, 0) is 51.4 Å². The molecule has 3 nitrogen and oxygen atoms in total. The lowest BCUT2D eigenvalue weighted by molar-refractivity contribution is 0.114. The number of hydrogen-bond acceptors (Lipinski definition) is 3. The standard InChI is InChI=1S/C14H22N2O/c1-16(2)10-8-13(17)12-7-3-5-11-6-4-9-15-14(11)12/h4,6,9,12-13,17H,3,5,7-8,10H2,1-2H3. The van der Waals surface area contributed by atoms with Crippen molar-refractivity contribution in [2.24, 2.45) is 0 Å². The van der Waals surface area contributed by atoms with E-state index in [-0.39, 0.29) is 12.0 Å². The second-order valence-electron chi connectivity index (χ2n) is 5.21. The molecule has 0 amide bonds. The van der Waals surface area contributed by atoms with Crippen molar-refractivity contribution in [2.45, 2.75) is 37.7 Å². The zero-order valence-electron chi connectivity index (χ0n) is 10.8. The summed E-state index contributed by atoms with van der Waals surface area (Å²) in [6, 6.07) is 4.14. The Balaban J connectivity index is 2.07. The molecule has 1 aromatic rings. The summed E-state index contributed by atoms with van der Waals surface area (Å²) in [5.41, 5.74) is 2.46. The number of hydrogen-bond donors (Lipinski definition) is 1. The molecule has 94 valence electrons. The van der Waals surface area contributed by atoms with Crippen molar-refractivity contribution in [1.29, 1.82) is 0 Å². The number of pyridine rings is 1. The molecule has 1 N–H and O–H groups in total. The van der Waals surface area contributed by atoms with E-state index in [0.29, 0.717) is 0 Å². The van der Waals surface area contributed by atoms with Gasteiger partial charge in [0.05, 0.1) is 6.10 Å². The normalized spacial score (nSPS) is 21.3. The molecule has 1 aromatic heterocycles. The number of aromatic nitrogens is 1. The SMILES string of the molecule is CN(C)CCC(O)C1CCCc2cccnc21. The van der Waals surface area contributed by atoms with Gasteiger partial charge in [-0.15, -0.1) is 0 Å². The summed E-state index contributed by atoms with van der Waals surface area (Å²) in [5, 5.41) is 10.3. The minimum absolute atomic E-state index is 0.236. The number of aryl methyl sites for hydroxylation is 1. The molecule has 0 aliphatic heterocycles. The van der Waals surface area contributed by atoms with Crippen molar-refractivity contribution in [3.8, 4) is 0 Å². The highest BCUT2D eigenvalue weighted by Gasteiger charge is 2.27. The summed E-state index contributed by atoms with van der Waals surface area (Å²) in [6.07, 6.45) is 5.76. The molecule has 0 aromatic carbocycles. The largest absolute Gasteiger partial charge is 0.392 e. The van der Waals surface area contributed by atoms with Gasteiger partial charge in [0.1, 0.15) is 0 Å². The molecule has 0 spiro atoms. The van der Waals surface area contributed by atoms with Crippen LogP contribution in [0.4, 0.5) is 0 Å². The first kappa shape index (κ1) is 12.5. The Morgan fingerprint density at radius 1 is 1.53 bits per heavy atom. The van der Waals surface area contributed by atoms with Crippen molar-refractivity contribution in [3.63, 3.8) is 0 Å². The number of aliphatic hydroxyl groups is 1. The van der Waals surface area contributed by atoms with Gasteiger partial charge in [0.2, 0.25) is 0 Å². The fraction of sp³-hybridized carbons (Fsp3) is 0.643. The minimum atomic E-state index is -0.258. The molecule has 0 radical (unpaired) electrons. The Hall–Kier alpha value is -0.930. The maximum atomic E-state index is 10.3. The molecule has 0 saturated heterocycles. The minimum Gasteiger partial charge on any atom is -0.392 e. The zero-order valence-corrected chi connectivity index (χ0v) is 10.8. The van der Waals surface area contributed by atoms with E-state index in [1.807, 2.05) is 26.4 Å². The van der Waals surface area contributed by atoms with Crippen LogP contribution in [-0.4, -0.2) is 41.7 Å². The highest BCUT2D eigenvalue weighted by molar-refractivity contribution is 5.26. The van der Waals surface area contributed by atoms with Gasteiger partial charge >= 0.3 is 0 Å². The number of nitrogens with zero attached hydrogens (tertiary/aromatic N) is 2. The van der Waals surface area contributed by atoms with Crippen LogP contribution in [0.5, 0.6) is 0 Å². The molecule has 2 atom stereocenters. The zero-order chi connectivity index (χ0) is 12.3. The lowest BCUT2D eigenvalue weighted by atomic mass is 9.82. The summed E-state index contributed by atoms with van der Waals surface area (Å²) in [5.74, 6) is 0.236. The van der Waals surface area contributed by atoms with Gasteiger partial charge in [-0.25, -0.2) is 0 Å². The quantitative estimate of drug-likeness (QED) is 0.863. The topological polar surface area (TPSA) is 36.4 Å². The second kappa shape index (κ2) is 5.61. The Morgan fingerprint density at radius 3 is 3.12 bits per heavy atom. The molecular formula is C14H22N2O. The van der Waals surface area contributed by atoms with Crippen molar-refractivity contribution >= 4 is 0 Å². The van der Waals surface area contributed by atoms with Crippen LogP contribution in [0.15, 0.2) is 18.3 Å². The van der Waals surface area contributed by atoms with Crippen LogP contribution >= 0.6 is 0 Å². The molecule has 2 rings (SSSR count). The third-order valence-corrected chi connectivity index (χ3v) is 3.58. The van der Waals surface area contributed by atoms with Crippen LogP contribution in [0.3, 0.4) is 0 Å². The van der Waals surface area contributed by atoms with E-state index in [1.165, 1.54) is 12.0 Å². The lowest BCUT2D eigenvalue weighted by Gasteiger charge is -2.28. The highest BCUT2D eigenvalue weighted by Crippen LogP contribution is 2.33. The lowest BCUT2D eigenvalue weighted by Crippen LogP contribution is -2.27. The van der Waals surface area contributed by atoms with E-state index in [1.54, 1.807) is 0 Å². The van der Waals surface area contributed by atoms with Crippen LogP contribution in [0.25, 0.3) is 0 Å². The van der Waals surface area contributed by atoms with Gasteiger partial charge < -0.3 is 10.0 Å². The maximum absolute atomic E-state index is 10.3. The molecule has 3 heteroatoms. The predicted molar refractivity (Wildman–Crippen MR) is 69.1 cm³/mol. The van der Waals surface area contributed by atoms with Crippen molar-refractivity contribution in [3.05, 3.63) is 29.6 Å². The van der Waals surface area contributed by atoms with Gasteiger partial charge in [0.15, 0.2) is 0 Å². The van der Waals surface area contributed by atoms with E-state index in [9.17, 15) is 5.11 Å². The predicted octanol–water partition coefficient (Wildman–Crippen LogP) is 1.81. The summed E-state index contributed by atoms with van der Waals surface area (Å²) in [7, 11) is 4.08. The summed E-state index contributed by atoms with van der Waals surface area (Å²) in [4.78, 5) is 6.59. The monoisotopic (exact) mass is 234 g/mol. The number of aliphatic hydroxyl groups excluding tert-OH is 1. The Labute approximate surface area is 103 Å². The van der Waals surface area contributed by atoms with Crippen LogP contribution in [0.2, 0.25) is 0 Å². The Morgan fingerprint density at radius 2 is 2.35 bits per heavy atom. The van der Waals surface area contributed by atoms with E-state index < -0.39 is 0 Å². The van der Waals surface area contributed by atoms with Crippen molar-refractivity contribution < 1.29 is 5.11 Å². The smallest absolute Gasteiger partial charge is 0.0636 e. The molecule has 2 unspecified atom stereocenters. The maximum Gasteiger partial charge on any atom is 0.0636 e. The molecular weight excluding hydrogens is 212 g/mol. The van der Waals surface area contributed by atoms with E-state index in [4.69, 9.17) is 0 Å². The molecule has 17 heavy (non-hydrogen) atoms. The van der Waals surface area contributed by atoms with Gasteiger partial charge in [-0.3, -0.25) is 4.98 Å². The van der Waals surface area contributed by atoms with Gasteiger partial charge in [0.25, 0.3) is 0 Å². The van der Waals surface area contributed by atoms with Crippen LogP contribution in [-0.2, 0) is 6.42 Å². The fourth-order valence-corrected chi connectivity index (χ4v) is 2.61. The fourth-order valence-electron chi connectivity index (χ4n) is 2.61. The van der Waals surface area contributed by atoms with Crippen LogP contribution in [0.1, 0.15) is 36.4 Å².